The monoisotopic (exact) mass is 312 g/mol. The van der Waals surface area contributed by atoms with Crippen molar-refractivity contribution in [3.05, 3.63) is 48.0 Å². The van der Waals surface area contributed by atoms with Crippen molar-refractivity contribution in [2.45, 2.75) is 31.8 Å². The third-order valence-electron chi connectivity index (χ3n) is 4.67. The van der Waals surface area contributed by atoms with Gasteiger partial charge in [-0.15, -0.1) is 0 Å². The number of rotatable bonds is 4. The van der Waals surface area contributed by atoms with Crippen molar-refractivity contribution in [2.75, 3.05) is 19.8 Å². The first-order valence-electron chi connectivity index (χ1n) is 8.26. The number of carbonyl (C=O) groups excluding carboxylic acids is 1. The summed E-state index contributed by atoms with van der Waals surface area (Å²) in [6.07, 6.45) is 1.19. The van der Waals surface area contributed by atoms with Crippen LogP contribution in [0.4, 0.5) is 0 Å². The summed E-state index contributed by atoms with van der Waals surface area (Å²) in [5, 5.41) is 2.41. The molecule has 1 amide bonds. The number of ether oxygens (including phenoxy) is 1. The molecule has 0 radical (unpaired) electrons. The predicted molar refractivity (Wildman–Crippen MR) is 92.0 cm³/mol. The molecular weight excluding hydrogens is 288 g/mol. The van der Waals surface area contributed by atoms with Crippen molar-refractivity contribution in [1.82, 2.24) is 4.90 Å². The van der Waals surface area contributed by atoms with Gasteiger partial charge in [0.05, 0.1) is 5.54 Å². The molecule has 0 bridgehead atoms. The minimum atomic E-state index is -0.773. The van der Waals surface area contributed by atoms with Crippen LogP contribution in [0.15, 0.2) is 42.5 Å². The Balaban J connectivity index is 1.78. The number of hydrogen-bond donors (Lipinski definition) is 1. The summed E-state index contributed by atoms with van der Waals surface area (Å²) >= 11 is 0. The first kappa shape index (κ1) is 16.0. The first-order chi connectivity index (χ1) is 11.1. The molecule has 4 nitrogen and oxygen atoms in total. The van der Waals surface area contributed by atoms with Crippen molar-refractivity contribution >= 4 is 16.7 Å². The van der Waals surface area contributed by atoms with Crippen molar-refractivity contribution in [1.29, 1.82) is 0 Å². The van der Waals surface area contributed by atoms with Gasteiger partial charge in [0, 0.05) is 26.3 Å². The van der Waals surface area contributed by atoms with Crippen LogP contribution in [-0.4, -0.2) is 36.1 Å². The molecule has 122 valence electrons. The van der Waals surface area contributed by atoms with Crippen molar-refractivity contribution < 1.29 is 9.53 Å². The average Bonchev–Trinajstić information content (AvgIpc) is 2.59. The molecule has 4 heteroatoms. The molecule has 0 saturated carbocycles. The highest BCUT2D eigenvalue weighted by Gasteiger charge is 2.38. The summed E-state index contributed by atoms with van der Waals surface area (Å²) in [7, 11) is 0. The lowest BCUT2D eigenvalue weighted by molar-refractivity contribution is -0.141. The van der Waals surface area contributed by atoms with E-state index in [0.717, 1.165) is 5.56 Å². The van der Waals surface area contributed by atoms with Crippen LogP contribution in [0.1, 0.15) is 25.3 Å². The van der Waals surface area contributed by atoms with Crippen molar-refractivity contribution in [3.8, 4) is 0 Å². The SMILES string of the molecule is CCN(Cc1ccc2ccccc2c1)C(=O)C1(N)CCOCC1. The van der Waals surface area contributed by atoms with Crippen molar-refractivity contribution in [3.63, 3.8) is 0 Å². The maximum Gasteiger partial charge on any atom is 0.243 e. The summed E-state index contributed by atoms with van der Waals surface area (Å²) in [6, 6.07) is 14.6. The van der Waals surface area contributed by atoms with E-state index in [-0.39, 0.29) is 5.91 Å². The largest absolute Gasteiger partial charge is 0.381 e. The van der Waals surface area contributed by atoms with Crippen LogP contribution in [0, 0.1) is 0 Å². The maximum absolute atomic E-state index is 12.9. The number of carbonyl (C=O) groups is 1. The number of nitrogens with two attached hydrogens (primary N) is 1. The van der Waals surface area contributed by atoms with E-state index >= 15 is 0 Å². The van der Waals surface area contributed by atoms with Gasteiger partial charge in [-0.2, -0.15) is 0 Å². The molecule has 0 atom stereocenters. The van der Waals surface area contributed by atoms with Gasteiger partial charge in [0.25, 0.3) is 0 Å². The van der Waals surface area contributed by atoms with E-state index in [1.165, 1.54) is 10.8 Å². The third-order valence-corrected chi connectivity index (χ3v) is 4.67. The lowest BCUT2D eigenvalue weighted by Gasteiger charge is -2.36. The molecule has 0 unspecified atom stereocenters. The second-order valence-electron chi connectivity index (χ2n) is 6.27. The van der Waals surface area contributed by atoms with Gasteiger partial charge in [0.1, 0.15) is 0 Å². The number of benzene rings is 2. The fraction of sp³-hybridized carbons (Fsp3) is 0.421. The quantitative estimate of drug-likeness (QED) is 0.944. The molecule has 1 saturated heterocycles. The Kier molecular flexibility index (Phi) is 4.64. The van der Waals surface area contributed by atoms with Crippen LogP contribution in [0.5, 0.6) is 0 Å². The fourth-order valence-corrected chi connectivity index (χ4v) is 3.15. The fourth-order valence-electron chi connectivity index (χ4n) is 3.15. The molecule has 2 aromatic carbocycles. The summed E-state index contributed by atoms with van der Waals surface area (Å²) in [4.78, 5) is 14.7. The molecular formula is C19H24N2O2. The molecule has 0 aromatic heterocycles. The van der Waals surface area contributed by atoms with Gasteiger partial charge >= 0.3 is 0 Å². The van der Waals surface area contributed by atoms with Crippen LogP contribution in [0.3, 0.4) is 0 Å². The van der Waals surface area contributed by atoms with Gasteiger partial charge < -0.3 is 15.4 Å². The molecule has 1 aliphatic rings. The zero-order chi connectivity index (χ0) is 16.3. The predicted octanol–water partition coefficient (Wildman–Crippen LogP) is 2.70. The van der Waals surface area contributed by atoms with E-state index in [1.807, 2.05) is 24.0 Å². The molecule has 0 spiro atoms. The highest BCUT2D eigenvalue weighted by molar-refractivity contribution is 5.87. The van der Waals surface area contributed by atoms with Crippen molar-refractivity contribution in [2.24, 2.45) is 5.73 Å². The Morgan fingerprint density at radius 1 is 1.17 bits per heavy atom. The summed E-state index contributed by atoms with van der Waals surface area (Å²) < 4.78 is 5.34. The van der Waals surface area contributed by atoms with Crippen LogP contribution in [-0.2, 0) is 16.1 Å². The zero-order valence-electron chi connectivity index (χ0n) is 13.6. The number of hydrogen-bond acceptors (Lipinski definition) is 3. The first-order valence-corrected chi connectivity index (χ1v) is 8.26. The number of nitrogens with zero attached hydrogens (tertiary/aromatic N) is 1. The maximum atomic E-state index is 12.9. The number of likely N-dealkylation sites (N-methyl/N-ethyl adjacent to an activating group) is 1. The van der Waals surface area contributed by atoms with E-state index in [0.29, 0.717) is 39.1 Å². The molecule has 1 aliphatic heterocycles. The molecule has 2 N–H and O–H groups in total. The summed E-state index contributed by atoms with van der Waals surface area (Å²) in [5.74, 6) is 0.0384. The Bertz CT molecular complexity index is 693. The van der Waals surface area contributed by atoms with E-state index in [2.05, 4.69) is 30.3 Å². The molecule has 0 aliphatic carbocycles. The lowest BCUT2D eigenvalue weighted by atomic mass is 9.89. The second-order valence-corrected chi connectivity index (χ2v) is 6.27. The minimum Gasteiger partial charge on any atom is -0.381 e. The van der Waals surface area contributed by atoms with E-state index in [4.69, 9.17) is 10.5 Å². The zero-order valence-corrected chi connectivity index (χ0v) is 13.6. The van der Waals surface area contributed by atoms with E-state index < -0.39 is 5.54 Å². The van der Waals surface area contributed by atoms with Gasteiger partial charge in [0.2, 0.25) is 5.91 Å². The van der Waals surface area contributed by atoms with Crippen LogP contribution in [0.2, 0.25) is 0 Å². The molecule has 2 aromatic rings. The average molecular weight is 312 g/mol. The van der Waals surface area contributed by atoms with Crippen LogP contribution in [0.25, 0.3) is 10.8 Å². The lowest BCUT2D eigenvalue weighted by Crippen LogP contribution is -2.57. The second kappa shape index (κ2) is 6.69. The molecule has 1 fully saturated rings. The van der Waals surface area contributed by atoms with Gasteiger partial charge in [-0.1, -0.05) is 36.4 Å². The Labute approximate surface area is 137 Å². The Hall–Kier alpha value is -1.91. The third kappa shape index (κ3) is 3.38. The van der Waals surface area contributed by atoms with Gasteiger partial charge in [-0.25, -0.2) is 0 Å². The normalized spacial score (nSPS) is 17.1. The number of fused-ring (bicyclic) bond motifs is 1. The molecule has 3 rings (SSSR count). The van der Waals surface area contributed by atoms with Crippen LogP contribution < -0.4 is 5.73 Å². The van der Waals surface area contributed by atoms with Crippen LogP contribution >= 0.6 is 0 Å². The van der Waals surface area contributed by atoms with E-state index in [9.17, 15) is 4.79 Å². The topological polar surface area (TPSA) is 55.6 Å². The van der Waals surface area contributed by atoms with Gasteiger partial charge in [0.15, 0.2) is 0 Å². The highest BCUT2D eigenvalue weighted by atomic mass is 16.5. The Morgan fingerprint density at radius 2 is 1.87 bits per heavy atom. The van der Waals surface area contributed by atoms with Gasteiger partial charge in [-0.3, -0.25) is 4.79 Å². The van der Waals surface area contributed by atoms with Gasteiger partial charge in [-0.05, 0) is 42.2 Å². The Morgan fingerprint density at radius 3 is 2.57 bits per heavy atom. The minimum absolute atomic E-state index is 0.0384. The smallest absolute Gasteiger partial charge is 0.243 e. The molecule has 1 heterocycles. The number of amides is 1. The molecule has 23 heavy (non-hydrogen) atoms. The van der Waals surface area contributed by atoms with E-state index in [1.54, 1.807) is 0 Å². The highest BCUT2D eigenvalue weighted by Crippen LogP contribution is 2.22. The summed E-state index contributed by atoms with van der Waals surface area (Å²) in [6.45, 7) is 4.39. The summed E-state index contributed by atoms with van der Waals surface area (Å²) in [5.41, 5.74) is 6.71. The standard InChI is InChI=1S/C19H24N2O2/c1-2-21(18(22)19(20)9-11-23-12-10-19)14-15-7-8-16-5-3-4-6-17(16)13-15/h3-8,13H,2,9-12,14,20H2,1H3.